The highest BCUT2D eigenvalue weighted by Gasteiger charge is 2.37. The average Bonchev–Trinajstić information content (AvgIpc) is 3.30. The number of furan rings is 1. The summed E-state index contributed by atoms with van der Waals surface area (Å²) in [6, 6.07) is 21.3. The van der Waals surface area contributed by atoms with Gasteiger partial charge in [0.1, 0.15) is 11.5 Å². The van der Waals surface area contributed by atoms with Crippen LogP contribution < -0.4 is 10.2 Å². The number of amides is 1. The first-order valence-electron chi connectivity index (χ1n) is 10.8. The molecule has 0 unspecified atom stereocenters. The van der Waals surface area contributed by atoms with Crippen LogP contribution in [0.3, 0.4) is 0 Å². The molecule has 0 saturated carbocycles. The summed E-state index contributed by atoms with van der Waals surface area (Å²) in [5.74, 6) is 0.516. The SMILES string of the molecule is Cc1cccc(C)c1N1C(=O)c2ccccc2N[C@H]1c1ccc(-c2cccc(C(F)(F)F)c2)o1. The summed E-state index contributed by atoms with van der Waals surface area (Å²) in [5.41, 5.74) is 3.36. The fourth-order valence-electron chi connectivity index (χ4n) is 4.37. The Morgan fingerprint density at radius 1 is 0.882 bits per heavy atom. The maximum atomic E-state index is 13.7. The van der Waals surface area contributed by atoms with Crippen LogP contribution in [0.4, 0.5) is 24.5 Å². The van der Waals surface area contributed by atoms with Crippen molar-refractivity contribution in [3.8, 4) is 11.3 Å². The van der Waals surface area contributed by atoms with Crippen molar-refractivity contribution in [2.75, 3.05) is 10.2 Å². The van der Waals surface area contributed by atoms with Crippen LogP contribution in [0.5, 0.6) is 0 Å². The van der Waals surface area contributed by atoms with E-state index >= 15 is 0 Å². The minimum Gasteiger partial charge on any atom is -0.457 e. The number of carbonyl (C=O) groups is 1. The van der Waals surface area contributed by atoms with E-state index in [1.165, 1.54) is 6.07 Å². The van der Waals surface area contributed by atoms with Crippen LogP contribution >= 0.6 is 0 Å². The second-order valence-electron chi connectivity index (χ2n) is 8.29. The van der Waals surface area contributed by atoms with Crippen LogP contribution in [0, 0.1) is 13.8 Å². The molecule has 1 atom stereocenters. The summed E-state index contributed by atoms with van der Waals surface area (Å²) in [6.45, 7) is 3.87. The fraction of sp³-hybridized carbons (Fsp3) is 0.148. The van der Waals surface area contributed by atoms with Crippen molar-refractivity contribution in [3.63, 3.8) is 0 Å². The van der Waals surface area contributed by atoms with E-state index in [9.17, 15) is 18.0 Å². The molecule has 1 aromatic heterocycles. The third-order valence-electron chi connectivity index (χ3n) is 5.98. The molecule has 0 radical (unpaired) electrons. The van der Waals surface area contributed by atoms with Gasteiger partial charge in [0.15, 0.2) is 6.17 Å². The summed E-state index contributed by atoms with van der Waals surface area (Å²) >= 11 is 0. The maximum absolute atomic E-state index is 13.7. The van der Waals surface area contributed by atoms with E-state index in [0.29, 0.717) is 22.6 Å². The van der Waals surface area contributed by atoms with Gasteiger partial charge >= 0.3 is 6.18 Å². The van der Waals surface area contributed by atoms with Gasteiger partial charge in [-0.15, -0.1) is 0 Å². The molecule has 2 heterocycles. The second-order valence-corrected chi connectivity index (χ2v) is 8.29. The topological polar surface area (TPSA) is 45.5 Å². The van der Waals surface area contributed by atoms with Gasteiger partial charge in [0.2, 0.25) is 0 Å². The summed E-state index contributed by atoms with van der Waals surface area (Å²) in [5, 5.41) is 3.38. The molecule has 0 bridgehead atoms. The number of nitrogens with zero attached hydrogens (tertiary/aromatic N) is 1. The lowest BCUT2D eigenvalue weighted by molar-refractivity contribution is -0.137. The lowest BCUT2D eigenvalue weighted by Crippen LogP contribution is -2.43. The number of hydrogen-bond donors (Lipinski definition) is 1. The van der Waals surface area contributed by atoms with Crippen LogP contribution in [0.1, 0.15) is 39.0 Å². The molecule has 4 nitrogen and oxygen atoms in total. The number of fused-ring (bicyclic) bond motifs is 1. The number of para-hydroxylation sites is 2. The number of aryl methyl sites for hydroxylation is 2. The number of benzene rings is 3. The predicted octanol–water partition coefficient (Wildman–Crippen LogP) is 7.35. The van der Waals surface area contributed by atoms with Crippen LogP contribution in [-0.4, -0.2) is 5.91 Å². The second kappa shape index (κ2) is 8.09. The smallest absolute Gasteiger partial charge is 0.416 e. The third kappa shape index (κ3) is 3.73. The Morgan fingerprint density at radius 2 is 1.59 bits per heavy atom. The summed E-state index contributed by atoms with van der Waals surface area (Å²) in [6.07, 6.45) is -5.13. The summed E-state index contributed by atoms with van der Waals surface area (Å²) < 4.78 is 45.6. The van der Waals surface area contributed by atoms with E-state index in [-0.39, 0.29) is 11.7 Å². The molecule has 1 aliphatic heterocycles. The predicted molar refractivity (Wildman–Crippen MR) is 125 cm³/mol. The quantitative estimate of drug-likeness (QED) is 0.346. The molecule has 7 heteroatoms. The molecule has 4 aromatic rings. The Bertz CT molecular complexity index is 1370. The monoisotopic (exact) mass is 462 g/mol. The maximum Gasteiger partial charge on any atom is 0.416 e. The zero-order chi connectivity index (χ0) is 24.0. The number of carbonyl (C=O) groups excluding carboxylic acids is 1. The van der Waals surface area contributed by atoms with Gasteiger partial charge in [-0.2, -0.15) is 13.2 Å². The van der Waals surface area contributed by atoms with Crippen LogP contribution in [0.2, 0.25) is 0 Å². The molecule has 1 aliphatic rings. The first kappa shape index (κ1) is 21.8. The molecular formula is C27H21F3N2O2. The average molecular weight is 462 g/mol. The normalized spacial score (nSPS) is 15.7. The number of halogens is 3. The molecule has 0 spiro atoms. The van der Waals surface area contributed by atoms with Gasteiger partial charge in [-0.1, -0.05) is 42.5 Å². The Kier molecular flexibility index (Phi) is 5.20. The lowest BCUT2D eigenvalue weighted by Gasteiger charge is -2.38. The van der Waals surface area contributed by atoms with Crippen LogP contribution in [0.25, 0.3) is 11.3 Å². The van der Waals surface area contributed by atoms with E-state index in [0.717, 1.165) is 28.9 Å². The third-order valence-corrected chi connectivity index (χ3v) is 5.98. The Hall–Kier alpha value is -4.00. The Morgan fingerprint density at radius 3 is 2.32 bits per heavy atom. The van der Waals surface area contributed by atoms with Gasteiger partial charge in [0, 0.05) is 11.3 Å². The molecule has 34 heavy (non-hydrogen) atoms. The molecule has 0 fully saturated rings. The molecule has 0 aliphatic carbocycles. The fourth-order valence-corrected chi connectivity index (χ4v) is 4.37. The van der Waals surface area contributed by atoms with E-state index in [1.54, 1.807) is 35.2 Å². The van der Waals surface area contributed by atoms with Crippen molar-refractivity contribution in [2.24, 2.45) is 0 Å². The molecule has 0 saturated heterocycles. The van der Waals surface area contributed by atoms with Gasteiger partial charge < -0.3 is 9.73 Å². The van der Waals surface area contributed by atoms with E-state index in [4.69, 9.17) is 4.42 Å². The molecule has 1 N–H and O–H groups in total. The largest absolute Gasteiger partial charge is 0.457 e. The standard InChI is InChI=1S/C27H21F3N2O2/c1-16-7-5-8-17(2)24(16)32-25(31-21-12-4-3-11-20(21)26(32)33)23-14-13-22(34-23)18-9-6-10-19(15-18)27(28,29)30/h3-15,25,31H,1-2H3/t25-/m1/s1. The highest BCUT2D eigenvalue weighted by atomic mass is 19.4. The number of alkyl halides is 3. The summed E-state index contributed by atoms with van der Waals surface area (Å²) in [7, 11) is 0. The molecule has 3 aromatic carbocycles. The Labute approximate surface area is 194 Å². The molecule has 5 rings (SSSR count). The Balaban J connectivity index is 1.61. The first-order valence-corrected chi connectivity index (χ1v) is 10.8. The van der Waals surface area contributed by atoms with Crippen molar-refractivity contribution in [3.05, 3.63) is 107 Å². The van der Waals surface area contributed by atoms with Gasteiger partial charge in [-0.3, -0.25) is 9.69 Å². The zero-order valence-electron chi connectivity index (χ0n) is 18.5. The highest BCUT2D eigenvalue weighted by molar-refractivity contribution is 6.12. The minimum absolute atomic E-state index is 0.186. The summed E-state index contributed by atoms with van der Waals surface area (Å²) in [4.78, 5) is 15.3. The van der Waals surface area contributed by atoms with Gasteiger partial charge in [0.05, 0.1) is 16.8 Å². The van der Waals surface area contributed by atoms with Gasteiger partial charge in [0.25, 0.3) is 5.91 Å². The van der Waals surface area contributed by atoms with E-state index in [2.05, 4.69) is 5.32 Å². The lowest BCUT2D eigenvalue weighted by atomic mass is 10.0. The van der Waals surface area contributed by atoms with Gasteiger partial charge in [-0.05, 0) is 61.4 Å². The zero-order valence-corrected chi connectivity index (χ0v) is 18.5. The van der Waals surface area contributed by atoms with E-state index in [1.807, 2.05) is 44.2 Å². The van der Waals surface area contributed by atoms with Crippen molar-refractivity contribution in [1.29, 1.82) is 0 Å². The van der Waals surface area contributed by atoms with Crippen molar-refractivity contribution < 1.29 is 22.4 Å². The van der Waals surface area contributed by atoms with Crippen LogP contribution in [0.15, 0.2) is 83.3 Å². The van der Waals surface area contributed by atoms with Crippen molar-refractivity contribution in [2.45, 2.75) is 26.2 Å². The molecule has 172 valence electrons. The number of anilines is 2. The van der Waals surface area contributed by atoms with E-state index < -0.39 is 17.9 Å². The number of rotatable bonds is 3. The first-order chi connectivity index (χ1) is 16.2. The van der Waals surface area contributed by atoms with Gasteiger partial charge in [-0.25, -0.2) is 0 Å². The van der Waals surface area contributed by atoms with Crippen molar-refractivity contribution >= 4 is 17.3 Å². The van der Waals surface area contributed by atoms with Crippen molar-refractivity contribution in [1.82, 2.24) is 0 Å². The van der Waals surface area contributed by atoms with Crippen LogP contribution in [-0.2, 0) is 6.18 Å². The molecule has 1 amide bonds. The minimum atomic E-state index is -4.45. The highest BCUT2D eigenvalue weighted by Crippen LogP contribution is 2.41. The molecular weight excluding hydrogens is 441 g/mol. The number of nitrogens with one attached hydrogen (secondary N) is 1. The number of hydrogen-bond acceptors (Lipinski definition) is 3.